The molecular formula is C11H13N3OS2. The quantitative estimate of drug-likeness (QED) is 0.844. The largest absolute Gasteiger partial charge is 0.487 e. The first-order valence-electron chi connectivity index (χ1n) is 5.09. The van der Waals surface area contributed by atoms with Crippen LogP contribution in [0.3, 0.4) is 0 Å². The lowest BCUT2D eigenvalue weighted by molar-refractivity contribution is 0.301. The van der Waals surface area contributed by atoms with Gasteiger partial charge in [-0.2, -0.15) is 0 Å². The fourth-order valence-corrected chi connectivity index (χ4v) is 2.24. The van der Waals surface area contributed by atoms with Crippen molar-refractivity contribution < 1.29 is 4.74 Å². The van der Waals surface area contributed by atoms with Crippen LogP contribution in [0.2, 0.25) is 0 Å². The number of hydrogen-bond acceptors (Lipinski definition) is 6. The van der Waals surface area contributed by atoms with Gasteiger partial charge in [0.05, 0.1) is 0 Å². The lowest BCUT2D eigenvalue weighted by Gasteiger charge is -2.05. The number of hydrogen-bond donors (Lipinski definition) is 1. The van der Waals surface area contributed by atoms with Crippen molar-refractivity contribution in [1.29, 1.82) is 0 Å². The molecule has 0 aliphatic heterocycles. The molecule has 0 aliphatic carbocycles. The van der Waals surface area contributed by atoms with Gasteiger partial charge >= 0.3 is 0 Å². The maximum Gasteiger partial charge on any atom is 0.136 e. The van der Waals surface area contributed by atoms with E-state index in [0.29, 0.717) is 6.61 Å². The van der Waals surface area contributed by atoms with E-state index in [-0.39, 0.29) is 0 Å². The summed E-state index contributed by atoms with van der Waals surface area (Å²) in [6.07, 6.45) is 2.05. The van der Waals surface area contributed by atoms with E-state index in [1.165, 1.54) is 16.4 Å². The topological polar surface area (TPSA) is 47.0 Å². The predicted octanol–water partition coefficient (Wildman–Crippen LogP) is 2.88. The van der Waals surface area contributed by atoms with E-state index in [1.807, 2.05) is 31.3 Å². The van der Waals surface area contributed by atoms with E-state index in [4.69, 9.17) is 4.74 Å². The standard InChI is InChI=1S/C11H13N3OS2/c1-12-11-10(13-14-17-11)7-15-8-3-5-9(16-2)6-4-8/h3-6,12H,7H2,1-2H3. The van der Waals surface area contributed by atoms with E-state index in [1.54, 1.807) is 11.8 Å². The summed E-state index contributed by atoms with van der Waals surface area (Å²) in [5.41, 5.74) is 0.839. The fourth-order valence-electron chi connectivity index (χ4n) is 1.32. The average molecular weight is 267 g/mol. The molecule has 2 aromatic rings. The van der Waals surface area contributed by atoms with Crippen molar-refractivity contribution in [2.24, 2.45) is 0 Å². The molecular weight excluding hydrogens is 254 g/mol. The molecule has 1 aromatic heterocycles. The summed E-state index contributed by atoms with van der Waals surface area (Å²) in [7, 11) is 1.85. The Hall–Kier alpha value is -1.27. The summed E-state index contributed by atoms with van der Waals surface area (Å²) in [4.78, 5) is 1.23. The molecule has 1 heterocycles. The van der Waals surface area contributed by atoms with E-state index >= 15 is 0 Å². The molecule has 0 unspecified atom stereocenters. The van der Waals surface area contributed by atoms with Crippen molar-refractivity contribution >= 4 is 28.3 Å². The third-order valence-electron chi connectivity index (χ3n) is 2.22. The number of rotatable bonds is 5. The Balaban J connectivity index is 1.97. The molecule has 0 fully saturated rings. The first-order chi connectivity index (χ1) is 8.33. The molecule has 4 nitrogen and oxygen atoms in total. The minimum atomic E-state index is 0.436. The van der Waals surface area contributed by atoms with Crippen molar-refractivity contribution in [2.75, 3.05) is 18.6 Å². The Kier molecular flexibility index (Phi) is 4.22. The maximum atomic E-state index is 5.65. The molecule has 17 heavy (non-hydrogen) atoms. The van der Waals surface area contributed by atoms with Crippen LogP contribution in [0, 0.1) is 0 Å². The van der Waals surface area contributed by atoms with E-state index in [9.17, 15) is 0 Å². The Labute approximate surface area is 109 Å². The molecule has 1 N–H and O–H groups in total. The third kappa shape index (κ3) is 3.10. The van der Waals surface area contributed by atoms with Crippen molar-refractivity contribution in [3.05, 3.63) is 30.0 Å². The number of aromatic nitrogens is 2. The van der Waals surface area contributed by atoms with Crippen LogP contribution >= 0.6 is 23.3 Å². The SMILES string of the molecule is CNc1snnc1COc1ccc(SC)cc1. The van der Waals surface area contributed by atoms with Crippen molar-refractivity contribution in [2.45, 2.75) is 11.5 Å². The van der Waals surface area contributed by atoms with E-state index < -0.39 is 0 Å². The monoisotopic (exact) mass is 267 g/mol. The molecule has 0 radical (unpaired) electrons. The molecule has 0 saturated carbocycles. The molecule has 0 bridgehead atoms. The van der Waals surface area contributed by atoms with Crippen LogP contribution in [0.15, 0.2) is 29.2 Å². The van der Waals surface area contributed by atoms with Gasteiger partial charge in [-0.15, -0.1) is 16.9 Å². The molecule has 0 saturated heterocycles. The highest BCUT2D eigenvalue weighted by Crippen LogP contribution is 2.22. The second kappa shape index (κ2) is 5.88. The Morgan fingerprint density at radius 1 is 1.35 bits per heavy atom. The van der Waals surface area contributed by atoms with Crippen LogP contribution in [0.1, 0.15) is 5.69 Å². The van der Waals surface area contributed by atoms with Gasteiger partial charge in [0, 0.05) is 23.5 Å². The lowest BCUT2D eigenvalue weighted by Crippen LogP contribution is -1.99. The lowest BCUT2D eigenvalue weighted by atomic mass is 10.3. The van der Waals surface area contributed by atoms with Crippen molar-refractivity contribution in [3.8, 4) is 5.75 Å². The van der Waals surface area contributed by atoms with Gasteiger partial charge in [-0.25, -0.2) is 0 Å². The van der Waals surface area contributed by atoms with Crippen LogP contribution in [0.25, 0.3) is 0 Å². The van der Waals surface area contributed by atoms with Gasteiger partial charge in [-0.3, -0.25) is 0 Å². The first kappa shape index (κ1) is 12.2. The highest BCUT2D eigenvalue weighted by Gasteiger charge is 2.06. The summed E-state index contributed by atoms with van der Waals surface area (Å²) < 4.78 is 9.53. The first-order valence-corrected chi connectivity index (χ1v) is 7.09. The Bertz CT molecular complexity index is 470. The highest BCUT2D eigenvalue weighted by atomic mass is 32.2. The number of benzene rings is 1. The number of nitrogens with one attached hydrogen (secondary N) is 1. The molecule has 0 atom stereocenters. The van der Waals surface area contributed by atoms with Crippen LogP contribution in [0.5, 0.6) is 5.75 Å². The summed E-state index contributed by atoms with van der Waals surface area (Å²) in [6, 6.07) is 8.01. The van der Waals surface area contributed by atoms with E-state index in [0.717, 1.165) is 16.4 Å². The van der Waals surface area contributed by atoms with Gasteiger partial charge in [0.1, 0.15) is 23.1 Å². The Morgan fingerprint density at radius 2 is 2.12 bits per heavy atom. The van der Waals surface area contributed by atoms with Gasteiger partial charge in [0.2, 0.25) is 0 Å². The zero-order valence-corrected chi connectivity index (χ0v) is 11.3. The summed E-state index contributed by atoms with van der Waals surface area (Å²) in [5.74, 6) is 0.845. The van der Waals surface area contributed by atoms with Gasteiger partial charge < -0.3 is 10.1 Å². The van der Waals surface area contributed by atoms with Crippen LogP contribution in [-0.4, -0.2) is 22.9 Å². The second-order valence-corrected chi connectivity index (χ2v) is 4.90. The van der Waals surface area contributed by atoms with Gasteiger partial charge in [0.15, 0.2) is 0 Å². The zero-order valence-electron chi connectivity index (χ0n) is 9.64. The number of nitrogens with zero attached hydrogens (tertiary/aromatic N) is 2. The summed E-state index contributed by atoms with van der Waals surface area (Å²) in [5, 5.41) is 8.00. The summed E-state index contributed by atoms with van der Waals surface area (Å²) >= 11 is 3.05. The smallest absolute Gasteiger partial charge is 0.136 e. The molecule has 6 heteroatoms. The minimum absolute atomic E-state index is 0.436. The van der Waals surface area contributed by atoms with Crippen molar-refractivity contribution in [1.82, 2.24) is 9.59 Å². The van der Waals surface area contributed by atoms with Crippen LogP contribution < -0.4 is 10.1 Å². The third-order valence-corrected chi connectivity index (χ3v) is 3.75. The van der Waals surface area contributed by atoms with Gasteiger partial charge in [0.25, 0.3) is 0 Å². The second-order valence-electron chi connectivity index (χ2n) is 3.26. The van der Waals surface area contributed by atoms with E-state index in [2.05, 4.69) is 21.2 Å². The number of ether oxygens (including phenoxy) is 1. The zero-order chi connectivity index (χ0) is 12.1. The maximum absolute atomic E-state index is 5.65. The molecule has 0 amide bonds. The van der Waals surface area contributed by atoms with Crippen LogP contribution in [-0.2, 0) is 6.61 Å². The molecule has 1 aromatic carbocycles. The number of thioether (sulfide) groups is 1. The average Bonchev–Trinajstić information content (AvgIpc) is 2.84. The molecule has 2 rings (SSSR count). The fraction of sp³-hybridized carbons (Fsp3) is 0.273. The number of anilines is 1. The Morgan fingerprint density at radius 3 is 2.76 bits per heavy atom. The summed E-state index contributed by atoms with van der Waals surface area (Å²) in [6.45, 7) is 0.436. The van der Waals surface area contributed by atoms with Gasteiger partial charge in [-0.1, -0.05) is 4.49 Å². The van der Waals surface area contributed by atoms with Gasteiger partial charge in [-0.05, 0) is 30.5 Å². The molecule has 0 aliphatic rings. The molecule has 0 spiro atoms. The van der Waals surface area contributed by atoms with Crippen LogP contribution in [0.4, 0.5) is 5.00 Å². The highest BCUT2D eigenvalue weighted by molar-refractivity contribution is 7.98. The normalized spacial score (nSPS) is 10.2. The minimum Gasteiger partial charge on any atom is -0.487 e. The predicted molar refractivity (Wildman–Crippen MR) is 72.0 cm³/mol. The van der Waals surface area contributed by atoms with Crippen molar-refractivity contribution in [3.63, 3.8) is 0 Å². The molecule has 90 valence electrons.